The van der Waals surface area contributed by atoms with Gasteiger partial charge in [-0.1, -0.05) is 49.6 Å². The third-order valence-corrected chi connectivity index (χ3v) is 13.3. The Bertz CT molecular complexity index is 2390. The van der Waals surface area contributed by atoms with Crippen LogP contribution in [-0.4, -0.2) is 178 Å². The van der Waals surface area contributed by atoms with Crippen molar-refractivity contribution in [3.63, 3.8) is 0 Å². The lowest BCUT2D eigenvalue weighted by molar-refractivity contribution is -0.277. The lowest BCUT2D eigenvalue weighted by Crippen LogP contribution is -2.66. The van der Waals surface area contributed by atoms with Crippen LogP contribution in [0.4, 0.5) is 0 Å². The zero-order chi connectivity index (χ0) is 64.3. The third kappa shape index (κ3) is 30.8. The Kier molecular flexibility index (Phi) is 34.8. The second-order valence-electron chi connectivity index (χ2n) is 21.0. The smallest absolute Gasteiger partial charge is 0.306 e. The van der Waals surface area contributed by atoms with Gasteiger partial charge in [-0.3, -0.25) is 57.5 Å². The molecule has 0 aromatic heterocycles. The molecule has 1 aromatic carbocycles. The lowest BCUT2D eigenvalue weighted by atomic mass is 9.96. The van der Waals surface area contributed by atoms with Crippen molar-refractivity contribution in [3.8, 4) is 0 Å². The van der Waals surface area contributed by atoms with Crippen molar-refractivity contribution in [2.24, 2.45) is 0 Å². The van der Waals surface area contributed by atoms with E-state index in [2.05, 4.69) is 26.6 Å². The Morgan fingerprint density at radius 3 is 1.37 bits per heavy atom. The molecule has 2 aliphatic rings. The van der Waals surface area contributed by atoms with Crippen molar-refractivity contribution in [2.75, 3.05) is 39.5 Å². The Labute approximate surface area is 507 Å². The maximum Gasteiger partial charge on any atom is 0.306 e. The van der Waals surface area contributed by atoms with Gasteiger partial charge in [-0.25, -0.2) is 0 Å². The molecule has 28 nitrogen and oxygen atoms in total. The molecule has 0 aliphatic carbocycles. The fourth-order valence-corrected chi connectivity index (χ4v) is 9.44. The number of esters is 7. The first-order chi connectivity index (χ1) is 41.4. The number of rotatable bonds is 39. The molecular weight excluding hydrogens is 1150 g/mol. The number of hydrogen-bond acceptors (Lipinski definition) is 23. The predicted molar refractivity (Wildman–Crippen MR) is 303 cm³/mol. The Balaban J connectivity index is 1.52. The van der Waals surface area contributed by atoms with E-state index < -0.39 is 115 Å². The van der Waals surface area contributed by atoms with Crippen molar-refractivity contribution in [1.29, 1.82) is 0 Å². The molecule has 0 saturated carbocycles. The Morgan fingerprint density at radius 2 is 0.897 bits per heavy atom. The minimum atomic E-state index is -1.28. The first-order valence-corrected chi connectivity index (χ1v) is 29.5. The van der Waals surface area contributed by atoms with Crippen LogP contribution in [0.3, 0.4) is 0 Å². The zero-order valence-electron chi connectivity index (χ0n) is 51.2. The minimum absolute atomic E-state index is 0.0461. The third-order valence-electron chi connectivity index (χ3n) is 13.3. The fourth-order valence-electron chi connectivity index (χ4n) is 9.44. The van der Waals surface area contributed by atoms with Crippen LogP contribution in [-0.2, 0) is 116 Å². The van der Waals surface area contributed by atoms with Crippen LogP contribution in [0.15, 0.2) is 30.3 Å². The van der Waals surface area contributed by atoms with Gasteiger partial charge < -0.3 is 78.7 Å². The van der Waals surface area contributed by atoms with Crippen LogP contribution in [0, 0.1) is 0 Å². The van der Waals surface area contributed by atoms with Crippen LogP contribution in [0.25, 0.3) is 0 Å². The van der Waals surface area contributed by atoms with Gasteiger partial charge in [0, 0.05) is 101 Å². The van der Waals surface area contributed by atoms with Gasteiger partial charge in [-0.2, -0.15) is 0 Å². The van der Waals surface area contributed by atoms with Crippen LogP contribution in [0.1, 0.15) is 157 Å². The topological polar surface area (TPSA) is 367 Å². The van der Waals surface area contributed by atoms with Crippen molar-refractivity contribution in [2.45, 2.75) is 226 Å². The van der Waals surface area contributed by atoms with Gasteiger partial charge in [0.2, 0.25) is 29.5 Å². The molecule has 11 atom stereocenters. The SMILES string of the molecule is CC(=O)NC1C(OCCCCCC(=O)NCCCC[C@H](NC(=O)CCCCCOC2OC(COC(C)=O)C(OC(C)=O)C(OC(C)=O)C2NC(C)=O)C(=O)NCCCCCC(=O)OCc2ccccc2)OC(COC(C)=O)C(OC(C)=O)C1OC(C)=O. The highest BCUT2D eigenvalue weighted by molar-refractivity contribution is 5.87. The molecule has 5 N–H and O–H groups in total. The minimum Gasteiger partial charge on any atom is -0.463 e. The molecule has 2 heterocycles. The highest BCUT2D eigenvalue weighted by Crippen LogP contribution is 2.30. The van der Waals surface area contributed by atoms with E-state index in [1.807, 2.05) is 30.3 Å². The van der Waals surface area contributed by atoms with E-state index in [-0.39, 0.29) is 82.4 Å². The molecule has 0 spiro atoms. The van der Waals surface area contributed by atoms with E-state index in [1.54, 1.807) is 0 Å². The van der Waals surface area contributed by atoms with E-state index in [9.17, 15) is 57.5 Å². The zero-order valence-corrected chi connectivity index (χ0v) is 51.2. The van der Waals surface area contributed by atoms with Gasteiger partial charge in [-0.05, 0) is 63.4 Å². The molecule has 87 heavy (non-hydrogen) atoms. The summed E-state index contributed by atoms with van der Waals surface area (Å²) in [6.45, 7) is 9.52. The van der Waals surface area contributed by atoms with Gasteiger partial charge in [-0.15, -0.1) is 0 Å². The van der Waals surface area contributed by atoms with Crippen molar-refractivity contribution in [1.82, 2.24) is 26.6 Å². The van der Waals surface area contributed by atoms with Crippen LogP contribution in [0.5, 0.6) is 0 Å². The van der Waals surface area contributed by atoms with Crippen molar-refractivity contribution >= 4 is 71.3 Å². The van der Waals surface area contributed by atoms with Crippen LogP contribution in [0.2, 0.25) is 0 Å². The fraction of sp³-hybridized carbons (Fsp3) is 0.695. The summed E-state index contributed by atoms with van der Waals surface area (Å²) >= 11 is 0. The summed E-state index contributed by atoms with van der Waals surface area (Å²) in [5.41, 5.74) is 0.883. The predicted octanol–water partition coefficient (Wildman–Crippen LogP) is 2.64. The lowest BCUT2D eigenvalue weighted by Gasteiger charge is -2.44. The van der Waals surface area contributed by atoms with Crippen molar-refractivity contribution in [3.05, 3.63) is 35.9 Å². The Morgan fingerprint density at radius 1 is 0.460 bits per heavy atom. The van der Waals surface area contributed by atoms with Crippen LogP contribution >= 0.6 is 0 Å². The normalized spacial score (nSPS) is 21.7. The standard InChI is InChI=1S/C59H89N5O23/c1-36(65)62-51-55(84-42(7)71)53(82-40(5)69)46(34-79-38(3)67)86-58(51)77-31-21-11-15-26-48(73)60-29-20-18-25-45(57(76)61-30-19-10-17-28-50(75)81-33-44-23-13-9-14-24-44)64-49(74)27-16-12-22-32-78-59-52(63-37(2)66)56(85-43(8)72)54(83-41(6)70)47(87-59)35-80-39(4)68/h9,13-14,23-24,45-47,51-56,58-59H,10-12,15-22,25-35H2,1-8H3,(H,60,73)(H,61,76)(H,62,65)(H,63,66)(H,64,74)/t45-,46?,47?,51?,52?,53?,54?,55?,56?,58?,59?/m0/s1. The van der Waals surface area contributed by atoms with Gasteiger partial charge in [0.1, 0.15) is 50.2 Å². The quantitative estimate of drug-likeness (QED) is 0.0359. The molecule has 0 bridgehead atoms. The molecule has 2 fully saturated rings. The van der Waals surface area contributed by atoms with E-state index in [4.69, 9.17) is 52.1 Å². The molecule has 28 heteroatoms. The maximum atomic E-state index is 13.5. The number of unbranched alkanes of at least 4 members (excludes halogenated alkanes) is 7. The number of amides is 5. The molecule has 488 valence electrons. The van der Waals surface area contributed by atoms with E-state index >= 15 is 0 Å². The van der Waals surface area contributed by atoms with Crippen LogP contribution < -0.4 is 26.6 Å². The summed E-state index contributed by atoms with van der Waals surface area (Å²) in [4.78, 5) is 148. The summed E-state index contributed by atoms with van der Waals surface area (Å²) in [5.74, 6) is -6.58. The number of carbonyl (C=O) groups excluding carboxylic acids is 12. The molecule has 3 rings (SSSR count). The molecule has 2 saturated heterocycles. The van der Waals surface area contributed by atoms with E-state index in [1.165, 1.54) is 27.7 Å². The molecular formula is C59H89N5O23. The largest absolute Gasteiger partial charge is 0.463 e. The van der Waals surface area contributed by atoms with Gasteiger partial charge >= 0.3 is 41.8 Å². The van der Waals surface area contributed by atoms with Gasteiger partial charge in [0.05, 0.1) is 0 Å². The average Bonchev–Trinajstić information content (AvgIpc) is 1.30. The first-order valence-electron chi connectivity index (χ1n) is 29.5. The van der Waals surface area contributed by atoms with Gasteiger partial charge in [0.15, 0.2) is 37.0 Å². The number of hydrogen-bond donors (Lipinski definition) is 5. The summed E-state index contributed by atoms with van der Waals surface area (Å²) in [7, 11) is 0. The summed E-state index contributed by atoms with van der Waals surface area (Å²) in [5, 5.41) is 13.9. The molecule has 1 aromatic rings. The maximum absolute atomic E-state index is 13.5. The highest BCUT2D eigenvalue weighted by atomic mass is 16.7. The first kappa shape index (κ1) is 74.0. The molecule has 2 aliphatic heterocycles. The molecule has 10 unspecified atom stereocenters. The van der Waals surface area contributed by atoms with E-state index in [0.29, 0.717) is 83.7 Å². The van der Waals surface area contributed by atoms with Gasteiger partial charge in [0.25, 0.3) is 0 Å². The number of nitrogens with one attached hydrogen (secondary N) is 5. The monoisotopic (exact) mass is 1240 g/mol. The van der Waals surface area contributed by atoms with E-state index in [0.717, 1.165) is 33.3 Å². The number of ether oxygens (including phenoxy) is 11. The summed E-state index contributed by atoms with van der Waals surface area (Å²) in [6.07, 6.45) is -3.57. The summed E-state index contributed by atoms with van der Waals surface area (Å²) < 4.78 is 61.6. The molecule has 0 radical (unpaired) electrons. The summed E-state index contributed by atoms with van der Waals surface area (Å²) in [6, 6.07) is 6.19. The van der Waals surface area contributed by atoms with Crippen molar-refractivity contribution < 1.29 is 110 Å². The number of carbonyl (C=O) groups is 12. The molecule has 5 amide bonds. The second-order valence-corrected chi connectivity index (χ2v) is 21.0. The second kappa shape index (κ2) is 41.0. The Hall–Kier alpha value is -7.30. The number of benzene rings is 1. The highest BCUT2D eigenvalue weighted by Gasteiger charge is 2.53. The average molecular weight is 1240 g/mol.